The van der Waals surface area contributed by atoms with Crippen molar-refractivity contribution in [1.29, 1.82) is 0 Å². The number of hydrogen-bond acceptors (Lipinski definition) is 8. The molecule has 3 rings (SSSR count). The minimum atomic E-state index is -1.05. The predicted octanol–water partition coefficient (Wildman–Crippen LogP) is 3.81. The highest BCUT2D eigenvalue weighted by molar-refractivity contribution is 6.32. The van der Waals surface area contributed by atoms with E-state index in [1.165, 1.54) is 25.3 Å². The lowest BCUT2D eigenvalue weighted by atomic mass is 9.69. The fourth-order valence-corrected chi connectivity index (χ4v) is 4.60. The number of ether oxygens (including phenoxy) is 2. The number of nitro groups is 1. The first-order valence-electron chi connectivity index (χ1n) is 10.5. The molecule has 3 atom stereocenters. The topological polar surface area (TPSA) is 125 Å². The Morgan fingerprint density at radius 1 is 1.30 bits per heavy atom. The molecule has 9 nitrogen and oxygen atoms in total. The molecule has 2 aliphatic rings. The monoisotopic (exact) mass is 476 g/mol. The van der Waals surface area contributed by atoms with Gasteiger partial charge in [0, 0.05) is 29.0 Å². The Bertz CT molecular complexity index is 1110. The summed E-state index contributed by atoms with van der Waals surface area (Å²) in [5.74, 6) is -4.19. The summed E-state index contributed by atoms with van der Waals surface area (Å²) >= 11 is 6.00. The number of nitrogens with one attached hydrogen (secondary N) is 1. The van der Waals surface area contributed by atoms with Crippen molar-refractivity contribution in [3.63, 3.8) is 0 Å². The van der Waals surface area contributed by atoms with Crippen LogP contribution in [0.1, 0.15) is 45.6 Å². The number of carbonyl (C=O) groups excluding carboxylic acids is 3. The van der Waals surface area contributed by atoms with E-state index in [2.05, 4.69) is 5.32 Å². The molecule has 1 aliphatic carbocycles. The number of dihydropyridines is 1. The molecular weight excluding hydrogens is 452 g/mol. The lowest BCUT2D eigenvalue weighted by Crippen LogP contribution is -2.43. The number of nitrogens with zero attached hydrogens (tertiary/aromatic N) is 1. The van der Waals surface area contributed by atoms with Crippen molar-refractivity contribution >= 4 is 35.0 Å². The SMILES string of the molecule is COC(=O)[C@@H]1C(=O)C2=C(C[C@@H]1C)NC(C)=C(C(=O)OC(C)C)[C@H]2c1ccc(Cl)c([N+](=O)[O-])c1. The molecule has 10 heteroatoms. The second kappa shape index (κ2) is 9.35. The van der Waals surface area contributed by atoms with Gasteiger partial charge >= 0.3 is 11.9 Å². The van der Waals surface area contributed by atoms with E-state index in [9.17, 15) is 24.5 Å². The van der Waals surface area contributed by atoms with Crippen LogP contribution >= 0.6 is 11.6 Å². The van der Waals surface area contributed by atoms with E-state index in [1.807, 2.05) is 0 Å². The summed E-state index contributed by atoms with van der Waals surface area (Å²) in [6.45, 7) is 6.84. The molecule has 1 aromatic rings. The van der Waals surface area contributed by atoms with E-state index >= 15 is 0 Å². The Labute approximate surface area is 195 Å². The highest BCUT2D eigenvalue weighted by Crippen LogP contribution is 2.46. The summed E-state index contributed by atoms with van der Waals surface area (Å²) in [5, 5.41) is 14.6. The summed E-state index contributed by atoms with van der Waals surface area (Å²) in [4.78, 5) is 50.0. The van der Waals surface area contributed by atoms with Gasteiger partial charge in [-0.1, -0.05) is 24.6 Å². The van der Waals surface area contributed by atoms with Crippen LogP contribution in [0.3, 0.4) is 0 Å². The van der Waals surface area contributed by atoms with E-state index in [1.54, 1.807) is 27.7 Å². The Morgan fingerprint density at radius 3 is 2.55 bits per heavy atom. The molecule has 0 saturated heterocycles. The molecule has 0 saturated carbocycles. The van der Waals surface area contributed by atoms with Crippen LogP contribution in [-0.4, -0.2) is 35.9 Å². The van der Waals surface area contributed by atoms with Crippen molar-refractivity contribution in [2.45, 2.75) is 46.1 Å². The number of rotatable bonds is 5. The van der Waals surface area contributed by atoms with Crippen LogP contribution in [0.5, 0.6) is 0 Å². The van der Waals surface area contributed by atoms with Gasteiger partial charge in [-0.05, 0) is 44.7 Å². The van der Waals surface area contributed by atoms with Gasteiger partial charge in [-0.25, -0.2) is 4.79 Å². The number of nitro benzene ring substituents is 1. The maximum absolute atomic E-state index is 13.6. The van der Waals surface area contributed by atoms with Crippen molar-refractivity contribution in [2.75, 3.05) is 7.11 Å². The average Bonchev–Trinajstić information content (AvgIpc) is 2.72. The number of benzene rings is 1. The molecule has 1 N–H and O–H groups in total. The third-order valence-corrected chi connectivity index (χ3v) is 6.13. The fourth-order valence-electron chi connectivity index (χ4n) is 4.41. The van der Waals surface area contributed by atoms with Crippen molar-refractivity contribution < 1.29 is 28.8 Å². The number of methoxy groups -OCH3 is 1. The summed E-state index contributed by atoms with van der Waals surface area (Å²) in [6.07, 6.45) is -0.0741. The molecule has 33 heavy (non-hydrogen) atoms. The lowest BCUT2D eigenvalue weighted by Gasteiger charge is -2.38. The second-order valence-corrected chi connectivity index (χ2v) is 8.86. The van der Waals surface area contributed by atoms with Gasteiger partial charge in [0.15, 0.2) is 5.78 Å². The van der Waals surface area contributed by atoms with Crippen molar-refractivity contribution in [3.05, 3.63) is 61.4 Å². The molecule has 0 aromatic heterocycles. The van der Waals surface area contributed by atoms with E-state index in [0.29, 0.717) is 23.4 Å². The van der Waals surface area contributed by atoms with Gasteiger partial charge in [0.2, 0.25) is 0 Å². The summed E-state index contributed by atoms with van der Waals surface area (Å²) in [7, 11) is 1.21. The van der Waals surface area contributed by atoms with Crippen LogP contribution in [0.4, 0.5) is 5.69 Å². The third kappa shape index (κ3) is 4.50. The third-order valence-electron chi connectivity index (χ3n) is 5.81. The molecule has 0 bridgehead atoms. The smallest absolute Gasteiger partial charge is 0.337 e. The van der Waals surface area contributed by atoms with Crippen LogP contribution in [0.2, 0.25) is 5.02 Å². The van der Waals surface area contributed by atoms with Gasteiger partial charge in [0.1, 0.15) is 10.9 Å². The maximum atomic E-state index is 13.6. The molecule has 176 valence electrons. The minimum Gasteiger partial charge on any atom is -0.468 e. The first-order chi connectivity index (χ1) is 15.5. The quantitative estimate of drug-likeness (QED) is 0.294. The van der Waals surface area contributed by atoms with E-state index in [0.717, 1.165) is 0 Å². The van der Waals surface area contributed by atoms with Gasteiger partial charge in [-0.15, -0.1) is 0 Å². The van der Waals surface area contributed by atoms with E-state index in [4.69, 9.17) is 21.1 Å². The van der Waals surface area contributed by atoms with Gasteiger partial charge < -0.3 is 14.8 Å². The highest BCUT2D eigenvalue weighted by atomic mass is 35.5. The minimum absolute atomic E-state index is 0.0741. The predicted molar refractivity (Wildman–Crippen MR) is 119 cm³/mol. The summed E-state index contributed by atoms with van der Waals surface area (Å²) in [6, 6.07) is 4.13. The average molecular weight is 477 g/mol. The Balaban J connectivity index is 2.25. The Hall–Kier alpha value is -3.20. The highest BCUT2D eigenvalue weighted by Gasteiger charge is 2.47. The van der Waals surface area contributed by atoms with E-state index in [-0.39, 0.29) is 27.8 Å². The normalized spacial score (nSPS) is 22.6. The first kappa shape index (κ1) is 24.4. The van der Waals surface area contributed by atoms with E-state index < -0.39 is 40.6 Å². The fraction of sp³-hybridized carbons (Fsp3) is 0.435. The standard InChI is InChI=1S/C23H25ClN2O7/c1-10(2)33-23(29)18-12(4)25-15-8-11(3)17(22(28)32-5)21(27)20(15)19(18)13-6-7-14(24)16(9-13)26(30)31/h6-7,9-11,17,19,25H,8H2,1-5H3/t11-,17-,19+/m0/s1. The summed E-state index contributed by atoms with van der Waals surface area (Å²) < 4.78 is 10.3. The number of carbonyl (C=O) groups is 3. The van der Waals surface area contributed by atoms with Crippen LogP contribution in [0, 0.1) is 22.0 Å². The van der Waals surface area contributed by atoms with Gasteiger partial charge in [-0.3, -0.25) is 19.7 Å². The Kier molecular flexibility index (Phi) is 6.92. The Morgan fingerprint density at radius 2 is 1.97 bits per heavy atom. The van der Waals surface area contributed by atoms with Gasteiger partial charge in [-0.2, -0.15) is 0 Å². The molecule has 1 aromatic carbocycles. The molecule has 0 amide bonds. The maximum Gasteiger partial charge on any atom is 0.337 e. The molecule has 0 spiro atoms. The van der Waals surface area contributed by atoms with Crippen molar-refractivity contribution in [3.8, 4) is 0 Å². The van der Waals surface area contributed by atoms with Crippen LogP contribution in [0.15, 0.2) is 40.7 Å². The van der Waals surface area contributed by atoms with Crippen molar-refractivity contribution in [1.82, 2.24) is 5.32 Å². The molecule has 1 aliphatic heterocycles. The number of allylic oxidation sites excluding steroid dienone is 3. The van der Waals surface area contributed by atoms with Crippen LogP contribution < -0.4 is 5.32 Å². The number of esters is 2. The number of halogens is 1. The zero-order valence-electron chi connectivity index (χ0n) is 18.9. The lowest BCUT2D eigenvalue weighted by molar-refractivity contribution is -0.384. The van der Waals surface area contributed by atoms with Crippen LogP contribution in [0.25, 0.3) is 0 Å². The molecule has 0 radical (unpaired) electrons. The second-order valence-electron chi connectivity index (χ2n) is 8.46. The largest absolute Gasteiger partial charge is 0.468 e. The van der Waals surface area contributed by atoms with Gasteiger partial charge in [0.25, 0.3) is 5.69 Å². The number of hydrogen-bond donors (Lipinski definition) is 1. The zero-order valence-corrected chi connectivity index (χ0v) is 19.7. The molecular formula is C23H25ClN2O7. The van der Waals surface area contributed by atoms with Crippen molar-refractivity contribution in [2.24, 2.45) is 11.8 Å². The molecule has 0 unspecified atom stereocenters. The first-order valence-corrected chi connectivity index (χ1v) is 10.8. The molecule has 0 fully saturated rings. The zero-order chi connectivity index (χ0) is 24.6. The van der Waals surface area contributed by atoms with Gasteiger partial charge in [0.05, 0.1) is 23.7 Å². The number of Topliss-reactive ketones (excluding diaryl/α,β-unsaturated/α-hetero) is 1. The molecule has 1 heterocycles. The number of ketones is 1. The summed E-state index contributed by atoms with van der Waals surface area (Å²) in [5.41, 5.74) is 1.34. The van der Waals surface area contributed by atoms with Crippen LogP contribution in [-0.2, 0) is 23.9 Å².